The van der Waals surface area contributed by atoms with Crippen LogP contribution in [0.25, 0.3) is 0 Å². The molecule has 8 heteroatoms. The van der Waals surface area contributed by atoms with Crippen LogP contribution >= 0.6 is 11.3 Å². The maximum absolute atomic E-state index is 12.5. The van der Waals surface area contributed by atoms with Gasteiger partial charge < -0.3 is 14.8 Å². The fourth-order valence-electron chi connectivity index (χ4n) is 3.55. The number of nitrogens with zero attached hydrogens (tertiary/aromatic N) is 3. The predicted octanol–water partition coefficient (Wildman–Crippen LogP) is 2.97. The maximum atomic E-state index is 12.5. The summed E-state index contributed by atoms with van der Waals surface area (Å²) in [5.41, 5.74) is 2.00. The van der Waals surface area contributed by atoms with Gasteiger partial charge in [-0.25, -0.2) is 4.98 Å². The predicted molar refractivity (Wildman–Crippen MR) is 119 cm³/mol. The molecule has 2 aliphatic rings. The Morgan fingerprint density at radius 1 is 1.10 bits per heavy atom. The zero-order chi connectivity index (χ0) is 21.1. The lowest BCUT2D eigenvalue weighted by molar-refractivity contribution is -0.117. The minimum Gasteiger partial charge on any atom is -0.486 e. The van der Waals surface area contributed by atoms with Gasteiger partial charge >= 0.3 is 0 Å². The zero-order valence-corrected chi connectivity index (χ0v) is 18.8. The first-order chi connectivity index (χ1) is 14.4. The van der Waals surface area contributed by atoms with E-state index in [4.69, 9.17) is 14.5 Å². The molecule has 1 saturated heterocycles. The molecule has 1 N–H and O–H groups in total. The minimum absolute atomic E-state index is 0.00475. The lowest BCUT2D eigenvalue weighted by Gasteiger charge is -2.33. The molecular formula is C22H30N4O3S. The van der Waals surface area contributed by atoms with E-state index in [9.17, 15) is 4.79 Å². The van der Waals surface area contributed by atoms with E-state index in [0.717, 1.165) is 49.9 Å². The monoisotopic (exact) mass is 430 g/mol. The van der Waals surface area contributed by atoms with E-state index in [1.54, 1.807) is 11.3 Å². The Labute approximate surface area is 182 Å². The summed E-state index contributed by atoms with van der Waals surface area (Å²) < 4.78 is 11.1. The van der Waals surface area contributed by atoms with Crippen molar-refractivity contribution < 1.29 is 14.3 Å². The number of aromatic nitrogens is 1. The number of amides is 1. The highest BCUT2D eigenvalue weighted by atomic mass is 32.1. The van der Waals surface area contributed by atoms with Gasteiger partial charge in [0.2, 0.25) is 5.91 Å². The molecule has 1 fully saturated rings. The van der Waals surface area contributed by atoms with Gasteiger partial charge in [0.1, 0.15) is 18.2 Å². The first kappa shape index (κ1) is 21.1. The molecule has 1 amide bonds. The first-order valence-corrected chi connectivity index (χ1v) is 11.3. The second-order valence-corrected chi connectivity index (χ2v) is 9.78. The first-order valence-electron chi connectivity index (χ1n) is 10.5. The zero-order valence-electron chi connectivity index (χ0n) is 17.9. The van der Waals surface area contributed by atoms with E-state index in [2.05, 4.69) is 41.3 Å². The number of hydrogen-bond donors (Lipinski definition) is 1. The summed E-state index contributed by atoms with van der Waals surface area (Å²) in [5, 5.41) is 6.31. The van der Waals surface area contributed by atoms with E-state index in [-0.39, 0.29) is 11.3 Å². The molecule has 1 aromatic carbocycles. The summed E-state index contributed by atoms with van der Waals surface area (Å²) in [6.45, 7) is 12.6. The molecule has 0 radical (unpaired) electrons. The van der Waals surface area contributed by atoms with Crippen molar-refractivity contribution >= 4 is 22.9 Å². The van der Waals surface area contributed by atoms with Crippen molar-refractivity contribution in [1.82, 2.24) is 14.8 Å². The third-order valence-electron chi connectivity index (χ3n) is 5.34. The molecule has 0 unspecified atom stereocenters. The van der Waals surface area contributed by atoms with Crippen LogP contribution in [0.1, 0.15) is 31.5 Å². The highest BCUT2D eigenvalue weighted by Gasteiger charge is 2.22. The highest BCUT2D eigenvalue weighted by Crippen LogP contribution is 2.32. The van der Waals surface area contributed by atoms with Gasteiger partial charge in [-0.15, -0.1) is 11.3 Å². The van der Waals surface area contributed by atoms with Gasteiger partial charge in [-0.2, -0.15) is 0 Å². The molecule has 7 nitrogen and oxygen atoms in total. The smallest absolute Gasteiger partial charge is 0.238 e. The summed E-state index contributed by atoms with van der Waals surface area (Å²) in [6, 6.07) is 5.51. The summed E-state index contributed by atoms with van der Waals surface area (Å²) in [4.78, 5) is 21.9. The van der Waals surface area contributed by atoms with Crippen LogP contribution < -0.4 is 14.8 Å². The Balaban J connectivity index is 1.22. The van der Waals surface area contributed by atoms with Crippen LogP contribution in [0, 0.1) is 0 Å². The van der Waals surface area contributed by atoms with Crippen LogP contribution in [0.4, 0.5) is 5.69 Å². The Morgan fingerprint density at radius 2 is 1.80 bits per heavy atom. The lowest BCUT2D eigenvalue weighted by Crippen LogP contribution is -2.48. The average Bonchev–Trinajstić information content (AvgIpc) is 3.18. The summed E-state index contributed by atoms with van der Waals surface area (Å²) in [7, 11) is 0. The fraction of sp³-hybridized carbons (Fsp3) is 0.545. The molecule has 30 heavy (non-hydrogen) atoms. The van der Waals surface area contributed by atoms with Crippen molar-refractivity contribution in [2.75, 3.05) is 51.3 Å². The van der Waals surface area contributed by atoms with Crippen molar-refractivity contribution in [2.24, 2.45) is 0 Å². The summed E-state index contributed by atoms with van der Waals surface area (Å²) >= 11 is 1.74. The molecule has 3 heterocycles. The third-order valence-corrected chi connectivity index (χ3v) is 6.17. The lowest BCUT2D eigenvalue weighted by atomic mass is 9.93. The van der Waals surface area contributed by atoms with Gasteiger partial charge in [0, 0.05) is 48.7 Å². The van der Waals surface area contributed by atoms with E-state index in [0.29, 0.717) is 25.5 Å². The number of fused-ring (bicyclic) bond motifs is 1. The number of carbonyl (C=O) groups excluding carboxylic acids is 1. The number of ether oxygens (including phenoxy) is 2. The van der Waals surface area contributed by atoms with Crippen molar-refractivity contribution in [3.8, 4) is 11.5 Å². The number of nitrogens with one attached hydrogen (secondary N) is 1. The standard InChI is InChI=1S/C22H30N4O3S/c1-22(2,3)19-15-30-21(24-19)14-26-8-6-25(7-9-26)13-20(27)23-16-4-5-17-18(12-16)29-11-10-28-17/h4-5,12,15H,6-11,13-14H2,1-3H3,(H,23,27). The van der Waals surface area contributed by atoms with Crippen molar-refractivity contribution in [3.63, 3.8) is 0 Å². The van der Waals surface area contributed by atoms with Gasteiger partial charge in [0.25, 0.3) is 0 Å². The van der Waals surface area contributed by atoms with Crippen molar-refractivity contribution in [1.29, 1.82) is 0 Å². The number of carbonyl (C=O) groups is 1. The molecule has 2 aromatic rings. The van der Waals surface area contributed by atoms with Crippen molar-refractivity contribution in [2.45, 2.75) is 32.7 Å². The minimum atomic E-state index is -0.00475. The van der Waals surface area contributed by atoms with E-state index in [1.165, 1.54) is 5.01 Å². The van der Waals surface area contributed by atoms with Crippen LogP contribution in [0.5, 0.6) is 11.5 Å². The number of anilines is 1. The fourth-order valence-corrected chi connectivity index (χ4v) is 4.61. The SMILES string of the molecule is CC(C)(C)c1csc(CN2CCN(CC(=O)Nc3ccc4c(c3)OCCO4)CC2)n1. The normalized spacial score (nSPS) is 17.7. The van der Waals surface area contributed by atoms with E-state index < -0.39 is 0 Å². The molecule has 0 spiro atoms. The van der Waals surface area contributed by atoms with Gasteiger partial charge in [-0.1, -0.05) is 20.8 Å². The van der Waals surface area contributed by atoms with Gasteiger partial charge in [-0.3, -0.25) is 14.6 Å². The van der Waals surface area contributed by atoms with Crippen LogP contribution in [0.3, 0.4) is 0 Å². The summed E-state index contributed by atoms with van der Waals surface area (Å²) in [6.07, 6.45) is 0. The van der Waals surface area contributed by atoms with Gasteiger partial charge in [0.05, 0.1) is 18.8 Å². The van der Waals surface area contributed by atoms with Crippen LogP contribution in [0.2, 0.25) is 0 Å². The number of piperazine rings is 1. The molecule has 1 aromatic heterocycles. The van der Waals surface area contributed by atoms with E-state index >= 15 is 0 Å². The Hall–Kier alpha value is -2.16. The molecule has 4 rings (SSSR count). The Kier molecular flexibility index (Phi) is 6.26. The Morgan fingerprint density at radius 3 is 2.50 bits per heavy atom. The topological polar surface area (TPSA) is 66.9 Å². The van der Waals surface area contributed by atoms with Gasteiger partial charge in [0.15, 0.2) is 11.5 Å². The maximum Gasteiger partial charge on any atom is 0.238 e. The second kappa shape index (κ2) is 8.91. The third kappa shape index (κ3) is 5.30. The van der Waals surface area contributed by atoms with E-state index in [1.807, 2.05) is 18.2 Å². The second-order valence-electron chi connectivity index (χ2n) is 8.84. The highest BCUT2D eigenvalue weighted by molar-refractivity contribution is 7.09. The molecule has 162 valence electrons. The number of rotatable bonds is 5. The molecule has 2 aliphatic heterocycles. The number of thiazole rings is 1. The van der Waals surface area contributed by atoms with Crippen LogP contribution in [-0.4, -0.2) is 66.6 Å². The van der Waals surface area contributed by atoms with Crippen molar-refractivity contribution in [3.05, 3.63) is 34.3 Å². The molecule has 0 saturated carbocycles. The van der Waals surface area contributed by atoms with Crippen LogP contribution in [0.15, 0.2) is 23.6 Å². The largest absolute Gasteiger partial charge is 0.486 e. The molecular weight excluding hydrogens is 400 g/mol. The quantitative estimate of drug-likeness (QED) is 0.787. The molecule has 0 bridgehead atoms. The summed E-state index contributed by atoms with van der Waals surface area (Å²) in [5.74, 6) is 1.41. The molecule has 0 aliphatic carbocycles. The number of hydrogen-bond acceptors (Lipinski definition) is 7. The van der Waals surface area contributed by atoms with Crippen LogP contribution in [-0.2, 0) is 16.8 Å². The van der Waals surface area contributed by atoms with Gasteiger partial charge in [-0.05, 0) is 12.1 Å². The number of benzene rings is 1. The Bertz CT molecular complexity index is 885. The average molecular weight is 431 g/mol. The molecule has 0 atom stereocenters.